The van der Waals surface area contributed by atoms with Crippen molar-refractivity contribution in [3.8, 4) is 5.69 Å². The SMILES string of the molecule is CC(C)c1ccc(-n2nnnc2SCCc2cn[nH]n2)cc1. The van der Waals surface area contributed by atoms with Gasteiger partial charge in [0.15, 0.2) is 0 Å². The second-order valence-electron chi connectivity index (χ2n) is 5.18. The summed E-state index contributed by atoms with van der Waals surface area (Å²) in [4.78, 5) is 0. The maximum atomic E-state index is 4.09. The van der Waals surface area contributed by atoms with E-state index in [2.05, 4.69) is 56.9 Å². The lowest BCUT2D eigenvalue weighted by atomic mass is 10.0. The predicted octanol–water partition coefficient (Wildman–Crippen LogP) is 2.24. The average Bonchev–Trinajstić information content (AvgIpc) is 3.19. The van der Waals surface area contributed by atoms with E-state index in [0.717, 1.165) is 28.7 Å². The molecule has 1 N–H and O–H groups in total. The van der Waals surface area contributed by atoms with E-state index in [-0.39, 0.29) is 0 Å². The number of hydrogen-bond acceptors (Lipinski definition) is 6. The van der Waals surface area contributed by atoms with E-state index in [1.807, 2.05) is 12.1 Å². The van der Waals surface area contributed by atoms with Crippen molar-refractivity contribution in [1.29, 1.82) is 0 Å². The quantitative estimate of drug-likeness (QED) is 0.702. The number of nitrogens with one attached hydrogen (secondary N) is 1. The van der Waals surface area contributed by atoms with Crippen LogP contribution in [0.1, 0.15) is 31.0 Å². The third-order valence-corrected chi connectivity index (χ3v) is 4.22. The van der Waals surface area contributed by atoms with Gasteiger partial charge in [0.2, 0.25) is 5.16 Å². The fourth-order valence-electron chi connectivity index (χ4n) is 2.02. The van der Waals surface area contributed by atoms with Crippen LogP contribution in [0.25, 0.3) is 5.69 Å². The molecular weight excluding hydrogens is 298 g/mol. The largest absolute Gasteiger partial charge is 0.214 e. The minimum absolute atomic E-state index is 0.513. The van der Waals surface area contributed by atoms with Crippen molar-refractivity contribution in [1.82, 2.24) is 35.6 Å². The minimum Gasteiger partial charge on any atom is -0.198 e. The number of rotatable bonds is 6. The Labute approximate surface area is 132 Å². The maximum Gasteiger partial charge on any atom is 0.214 e. The summed E-state index contributed by atoms with van der Waals surface area (Å²) in [6.45, 7) is 4.36. The van der Waals surface area contributed by atoms with Crippen molar-refractivity contribution in [3.63, 3.8) is 0 Å². The van der Waals surface area contributed by atoms with Crippen LogP contribution in [0.2, 0.25) is 0 Å². The molecule has 1 aromatic carbocycles. The van der Waals surface area contributed by atoms with Crippen LogP contribution < -0.4 is 0 Å². The maximum absolute atomic E-state index is 4.09. The van der Waals surface area contributed by atoms with Gasteiger partial charge in [-0.3, -0.25) is 0 Å². The second-order valence-corrected chi connectivity index (χ2v) is 6.24. The molecule has 0 aliphatic rings. The fourth-order valence-corrected chi connectivity index (χ4v) is 2.88. The fraction of sp³-hybridized carbons (Fsp3) is 0.357. The van der Waals surface area contributed by atoms with Gasteiger partial charge in [0.25, 0.3) is 0 Å². The molecule has 3 aromatic rings. The molecule has 7 nitrogen and oxygen atoms in total. The molecule has 0 aliphatic heterocycles. The van der Waals surface area contributed by atoms with Gasteiger partial charge in [0.1, 0.15) is 0 Å². The zero-order valence-corrected chi connectivity index (χ0v) is 13.3. The molecule has 0 atom stereocenters. The van der Waals surface area contributed by atoms with Crippen molar-refractivity contribution in [2.45, 2.75) is 31.3 Å². The summed E-state index contributed by atoms with van der Waals surface area (Å²) in [6.07, 6.45) is 2.55. The summed E-state index contributed by atoms with van der Waals surface area (Å²) in [5, 5.41) is 23.2. The van der Waals surface area contributed by atoms with Crippen molar-refractivity contribution >= 4 is 11.8 Å². The first-order valence-electron chi connectivity index (χ1n) is 7.10. The Morgan fingerprint density at radius 2 is 2.05 bits per heavy atom. The van der Waals surface area contributed by atoms with E-state index in [9.17, 15) is 0 Å². The Balaban J connectivity index is 1.68. The van der Waals surface area contributed by atoms with Crippen molar-refractivity contribution in [2.75, 3.05) is 5.75 Å². The summed E-state index contributed by atoms with van der Waals surface area (Å²) < 4.78 is 1.76. The van der Waals surface area contributed by atoms with E-state index in [1.165, 1.54) is 5.56 Å². The number of tetrazole rings is 1. The number of aryl methyl sites for hydroxylation is 1. The van der Waals surface area contributed by atoms with Gasteiger partial charge in [0.05, 0.1) is 17.6 Å². The van der Waals surface area contributed by atoms with Gasteiger partial charge in [-0.15, -0.1) is 5.10 Å². The molecule has 22 heavy (non-hydrogen) atoms. The van der Waals surface area contributed by atoms with E-state index >= 15 is 0 Å². The number of thioether (sulfide) groups is 1. The minimum atomic E-state index is 0.513. The first kappa shape index (κ1) is 14.7. The van der Waals surface area contributed by atoms with Crippen LogP contribution in [0.3, 0.4) is 0 Å². The van der Waals surface area contributed by atoms with Crippen LogP contribution in [-0.2, 0) is 6.42 Å². The van der Waals surface area contributed by atoms with Crippen molar-refractivity contribution < 1.29 is 0 Å². The Kier molecular flexibility index (Phi) is 4.47. The molecule has 114 valence electrons. The molecule has 0 fully saturated rings. The summed E-state index contributed by atoms with van der Waals surface area (Å²) in [5.41, 5.74) is 3.21. The smallest absolute Gasteiger partial charge is 0.198 e. The van der Waals surface area contributed by atoms with Gasteiger partial charge in [-0.05, 0) is 34.0 Å². The normalized spacial score (nSPS) is 11.2. The van der Waals surface area contributed by atoms with E-state index in [0.29, 0.717) is 5.92 Å². The van der Waals surface area contributed by atoms with E-state index in [4.69, 9.17) is 0 Å². The van der Waals surface area contributed by atoms with Gasteiger partial charge >= 0.3 is 0 Å². The second kappa shape index (κ2) is 6.69. The molecule has 0 spiro atoms. The summed E-state index contributed by atoms with van der Waals surface area (Å²) >= 11 is 1.60. The third kappa shape index (κ3) is 3.33. The van der Waals surface area contributed by atoms with Crippen LogP contribution in [-0.4, -0.2) is 41.4 Å². The lowest BCUT2D eigenvalue weighted by Gasteiger charge is -2.07. The molecule has 8 heteroatoms. The Bertz CT molecular complexity index is 703. The number of aromatic amines is 1. The molecular formula is C14H17N7S. The highest BCUT2D eigenvalue weighted by molar-refractivity contribution is 7.99. The molecule has 2 heterocycles. The number of H-pyrrole nitrogens is 1. The van der Waals surface area contributed by atoms with Crippen LogP contribution >= 0.6 is 11.8 Å². The van der Waals surface area contributed by atoms with Gasteiger partial charge in [-0.1, -0.05) is 37.7 Å². The molecule has 0 unspecified atom stereocenters. The van der Waals surface area contributed by atoms with Gasteiger partial charge in [0, 0.05) is 12.2 Å². The Hall–Kier alpha value is -2.22. The summed E-state index contributed by atoms with van der Waals surface area (Å²) in [7, 11) is 0. The van der Waals surface area contributed by atoms with Gasteiger partial charge in [-0.2, -0.15) is 20.1 Å². The molecule has 0 amide bonds. The average molecular weight is 315 g/mol. The molecule has 0 radical (unpaired) electrons. The number of benzene rings is 1. The predicted molar refractivity (Wildman–Crippen MR) is 84.1 cm³/mol. The summed E-state index contributed by atoms with van der Waals surface area (Å²) in [6, 6.07) is 8.33. The molecule has 0 saturated carbocycles. The Morgan fingerprint density at radius 3 is 2.73 bits per heavy atom. The lowest BCUT2D eigenvalue weighted by Crippen LogP contribution is -2.00. The molecule has 2 aromatic heterocycles. The van der Waals surface area contributed by atoms with Crippen molar-refractivity contribution in [2.24, 2.45) is 0 Å². The highest BCUT2D eigenvalue weighted by Crippen LogP contribution is 2.21. The Morgan fingerprint density at radius 1 is 1.23 bits per heavy atom. The topological polar surface area (TPSA) is 85.2 Å². The molecule has 0 aliphatic carbocycles. The standard InChI is InChI=1S/C14H17N7S/c1-10(2)11-3-5-13(6-4-11)21-14(17-19-20-21)22-8-7-12-9-15-18-16-12/h3-6,9-10H,7-8H2,1-2H3,(H,15,16,18). The molecule has 0 bridgehead atoms. The van der Waals surface area contributed by atoms with Crippen molar-refractivity contribution in [3.05, 3.63) is 41.7 Å². The lowest BCUT2D eigenvalue weighted by molar-refractivity contribution is 0.754. The highest BCUT2D eigenvalue weighted by Gasteiger charge is 2.10. The van der Waals surface area contributed by atoms with Crippen LogP contribution in [0.5, 0.6) is 0 Å². The third-order valence-electron chi connectivity index (χ3n) is 3.30. The first-order valence-corrected chi connectivity index (χ1v) is 8.09. The molecule has 3 rings (SSSR count). The monoisotopic (exact) mass is 315 g/mol. The zero-order valence-electron chi connectivity index (χ0n) is 12.5. The van der Waals surface area contributed by atoms with E-state index < -0.39 is 0 Å². The van der Waals surface area contributed by atoms with Crippen LogP contribution in [0, 0.1) is 0 Å². The summed E-state index contributed by atoms with van der Waals surface area (Å²) in [5.74, 6) is 1.36. The van der Waals surface area contributed by atoms with Gasteiger partial charge in [-0.25, -0.2) is 0 Å². The van der Waals surface area contributed by atoms with Crippen LogP contribution in [0.15, 0.2) is 35.6 Å². The highest BCUT2D eigenvalue weighted by atomic mass is 32.2. The zero-order chi connectivity index (χ0) is 15.4. The van der Waals surface area contributed by atoms with Gasteiger partial charge < -0.3 is 0 Å². The number of aromatic nitrogens is 7. The number of nitrogens with zero attached hydrogens (tertiary/aromatic N) is 6. The van der Waals surface area contributed by atoms with E-state index in [1.54, 1.807) is 22.6 Å². The van der Waals surface area contributed by atoms with Crippen LogP contribution in [0.4, 0.5) is 0 Å². The first-order chi connectivity index (χ1) is 10.7. The number of hydrogen-bond donors (Lipinski definition) is 1. The molecule has 0 saturated heterocycles.